The fourth-order valence-corrected chi connectivity index (χ4v) is 2.49. The van der Waals surface area contributed by atoms with E-state index in [2.05, 4.69) is 10.2 Å². The summed E-state index contributed by atoms with van der Waals surface area (Å²) in [5, 5.41) is 2.87. The van der Waals surface area contributed by atoms with Crippen LogP contribution in [0.15, 0.2) is 24.3 Å². The molecular formula is C17H24N2O3. The molecule has 1 N–H and O–H groups in total. The van der Waals surface area contributed by atoms with E-state index in [0.717, 1.165) is 19.5 Å². The summed E-state index contributed by atoms with van der Waals surface area (Å²) >= 11 is 0. The lowest BCUT2D eigenvalue weighted by Gasteiger charge is -2.25. The molecule has 0 radical (unpaired) electrons. The molecule has 0 aromatic heterocycles. The first-order valence-electron chi connectivity index (χ1n) is 7.98. The van der Waals surface area contributed by atoms with Crippen LogP contribution in [0, 0.1) is 0 Å². The molecule has 22 heavy (non-hydrogen) atoms. The molecule has 1 heterocycles. The van der Waals surface area contributed by atoms with E-state index in [4.69, 9.17) is 4.74 Å². The summed E-state index contributed by atoms with van der Waals surface area (Å²) in [6, 6.07) is 6.82. The Morgan fingerprint density at radius 1 is 1.14 bits per heavy atom. The van der Waals surface area contributed by atoms with Crippen LogP contribution in [0.25, 0.3) is 0 Å². The molecule has 1 aromatic carbocycles. The average Bonchev–Trinajstić information content (AvgIpc) is 2.54. The van der Waals surface area contributed by atoms with E-state index in [1.165, 1.54) is 19.3 Å². The van der Waals surface area contributed by atoms with Gasteiger partial charge in [0.1, 0.15) is 0 Å². The van der Waals surface area contributed by atoms with E-state index in [9.17, 15) is 9.59 Å². The molecule has 120 valence electrons. The van der Waals surface area contributed by atoms with Gasteiger partial charge in [-0.2, -0.15) is 0 Å². The fourth-order valence-electron chi connectivity index (χ4n) is 2.49. The van der Waals surface area contributed by atoms with Crippen molar-refractivity contribution in [2.24, 2.45) is 0 Å². The monoisotopic (exact) mass is 304 g/mol. The fraction of sp³-hybridized carbons (Fsp3) is 0.529. The van der Waals surface area contributed by atoms with E-state index < -0.39 is 0 Å². The summed E-state index contributed by atoms with van der Waals surface area (Å²) in [4.78, 5) is 25.9. The molecule has 1 fully saturated rings. The Balaban J connectivity index is 1.82. The number of carbonyl (C=O) groups is 2. The molecule has 1 amide bonds. The van der Waals surface area contributed by atoms with Gasteiger partial charge in [0, 0.05) is 5.69 Å². The van der Waals surface area contributed by atoms with Crippen molar-refractivity contribution in [3.63, 3.8) is 0 Å². The first-order valence-corrected chi connectivity index (χ1v) is 7.98. The van der Waals surface area contributed by atoms with E-state index >= 15 is 0 Å². The van der Waals surface area contributed by atoms with Crippen molar-refractivity contribution in [2.75, 3.05) is 31.6 Å². The molecule has 1 aliphatic rings. The number of anilines is 1. The average molecular weight is 304 g/mol. The molecule has 0 aliphatic carbocycles. The molecule has 0 spiro atoms. The van der Waals surface area contributed by atoms with E-state index in [-0.39, 0.29) is 11.9 Å². The van der Waals surface area contributed by atoms with Gasteiger partial charge in [0.2, 0.25) is 5.91 Å². The highest BCUT2D eigenvalue weighted by Crippen LogP contribution is 2.12. The summed E-state index contributed by atoms with van der Waals surface area (Å²) in [5.41, 5.74) is 1.21. The van der Waals surface area contributed by atoms with Crippen molar-refractivity contribution >= 4 is 17.6 Å². The zero-order valence-electron chi connectivity index (χ0n) is 13.1. The third-order valence-electron chi connectivity index (χ3n) is 3.66. The van der Waals surface area contributed by atoms with Gasteiger partial charge >= 0.3 is 5.97 Å². The number of nitrogens with zero attached hydrogens (tertiary/aromatic N) is 1. The number of hydrogen-bond donors (Lipinski definition) is 1. The minimum atomic E-state index is -0.326. The number of likely N-dealkylation sites (tertiary alicyclic amines) is 1. The lowest BCUT2D eigenvalue weighted by atomic mass is 10.1. The second-order valence-corrected chi connectivity index (χ2v) is 5.60. The molecule has 0 unspecified atom stereocenters. The lowest BCUT2D eigenvalue weighted by Crippen LogP contribution is -2.36. The van der Waals surface area contributed by atoms with Gasteiger partial charge in [0.15, 0.2) is 0 Å². The minimum absolute atomic E-state index is 0.0109. The number of rotatable bonds is 6. The van der Waals surface area contributed by atoms with Gasteiger partial charge in [-0.3, -0.25) is 9.69 Å². The standard InChI is InChI=1S/C17H24N2O3/c1-2-12-22-17(21)14-6-8-15(9-7-14)18-16(20)13-19-10-4-3-5-11-19/h6-9H,2-5,10-13H2,1H3,(H,18,20). The molecule has 1 aromatic rings. The Labute approximate surface area is 131 Å². The lowest BCUT2D eigenvalue weighted by molar-refractivity contribution is -0.117. The molecule has 5 heteroatoms. The maximum Gasteiger partial charge on any atom is 0.338 e. The van der Waals surface area contributed by atoms with Gasteiger partial charge in [-0.25, -0.2) is 4.79 Å². The molecule has 1 saturated heterocycles. The van der Waals surface area contributed by atoms with Crippen molar-refractivity contribution in [3.8, 4) is 0 Å². The Kier molecular flexibility index (Phi) is 6.40. The van der Waals surface area contributed by atoms with Crippen LogP contribution in [0.1, 0.15) is 43.0 Å². The van der Waals surface area contributed by atoms with Crippen LogP contribution in [-0.4, -0.2) is 43.0 Å². The summed E-state index contributed by atoms with van der Waals surface area (Å²) in [5.74, 6) is -0.337. The molecule has 2 rings (SSSR count). The molecular weight excluding hydrogens is 280 g/mol. The highest BCUT2D eigenvalue weighted by atomic mass is 16.5. The zero-order chi connectivity index (χ0) is 15.8. The van der Waals surface area contributed by atoms with Crippen molar-refractivity contribution in [3.05, 3.63) is 29.8 Å². The predicted molar refractivity (Wildman–Crippen MR) is 85.9 cm³/mol. The smallest absolute Gasteiger partial charge is 0.338 e. The van der Waals surface area contributed by atoms with Gasteiger partial charge in [-0.15, -0.1) is 0 Å². The Morgan fingerprint density at radius 3 is 2.45 bits per heavy atom. The highest BCUT2D eigenvalue weighted by Gasteiger charge is 2.14. The van der Waals surface area contributed by atoms with Crippen LogP contribution in [0.5, 0.6) is 0 Å². The van der Waals surface area contributed by atoms with Crippen LogP contribution < -0.4 is 5.32 Å². The maximum absolute atomic E-state index is 12.0. The second-order valence-electron chi connectivity index (χ2n) is 5.60. The van der Waals surface area contributed by atoms with Crippen LogP contribution in [-0.2, 0) is 9.53 Å². The van der Waals surface area contributed by atoms with Crippen molar-refractivity contribution < 1.29 is 14.3 Å². The highest BCUT2D eigenvalue weighted by molar-refractivity contribution is 5.94. The number of nitrogens with one attached hydrogen (secondary N) is 1. The Morgan fingerprint density at radius 2 is 1.82 bits per heavy atom. The quantitative estimate of drug-likeness (QED) is 0.821. The van der Waals surface area contributed by atoms with E-state index in [1.807, 2.05) is 6.92 Å². The van der Waals surface area contributed by atoms with Gasteiger partial charge in [-0.05, 0) is 56.6 Å². The number of piperidine rings is 1. The van der Waals surface area contributed by atoms with Gasteiger partial charge in [0.25, 0.3) is 0 Å². The minimum Gasteiger partial charge on any atom is -0.462 e. The predicted octanol–water partition coefficient (Wildman–Crippen LogP) is 2.68. The van der Waals surface area contributed by atoms with Crippen LogP contribution >= 0.6 is 0 Å². The number of hydrogen-bond acceptors (Lipinski definition) is 4. The van der Waals surface area contributed by atoms with Crippen molar-refractivity contribution in [1.29, 1.82) is 0 Å². The maximum atomic E-state index is 12.0. The first kappa shape index (κ1) is 16.5. The molecule has 5 nitrogen and oxygen atoms in total. The summed E-state index contributed by atoms with van der Waals surface area (Å²) < 4.78 is 5.07. The number of carbonyl (C=O) groups excluding carboxylic acids is 2. The largest absolute Gasteiger partial charge is 0.462 e. The normalized spacial score (nSPS) is 15.3. The number of esters is 1. The topological polar surface area (TPSA) is 58.6 Å². The summed E-state index contributed by atoms with van der Waals surface area (Å²) in [7, 11) is 0. The van der Waals surface area contributed by atoms with Crippen LogP contribution in [0.3, 0.4) is 0 Å². The number of amides is 1. The van der Waals surface area contributed by atoms with Crippen LogP contribution in [0.2, 0.25) is 0 Å². The first-order chi connectivity index (χ1) is 10.7. The third-order valence-corrected chi connectivity index (χ3v) is 3.66. The molecule has 0 bridgehead atoms. The Bertz CT molecular complexity index is 493. The SMILES string of the molecule is CCCOC(=O)c1ccc(NC(=O)CN2CCCCC2)cc1. The molecule has 1 aliphatic heterocycles. The second kappa shape index (κ2) is 8.54. The molecule has 0 atom stereocenters. The van der Waals surface area contributed by atoms with Crippen LogP contribution in [0.4, 0.5) is 5.69 Å². The zero-order valence-corrected chi connectivity index (χ0v) is 13.1. The Hall–Kier alpha value is -1.88. The summed E-state index contributed by atoms with van der Waals surface area (Å²) in [6.07, 6.45) is 4.40. The summed E-state index contributed by atoms with van der Waals surface area (Å²) in [6.45, 7) is 4.80. The number of ether oxygens (including phenoxy) is 1. The van der Waals surface area contributed by atoms with Gasteiger partial charge in [-0.1, -0.05) is 13.3 Å². The third kappa shape index (κ3) is 5.15. The van der Waals surface area contributed by atoms with E-state index in [0.29, 0.717) is 24.4 Å². The number of benzene rings is 1. The van der Waals surface area contributed by atoms with Crippen molar-refractivity contribution in [2.45, 2.75) is 32.6 Å². The van der Waals surface area contributed by atoms with Crippen molar-refractivity contribution in [1.82, 2.24) is 4.90 Å². The molecule has 0 saturated carbocycles. The van der Waals surface area contributed by atoms with Gasteiger partial charge < -0.3 is 10.1 Å². The van der Waals surface area contributed by atoms with Gasteiger partial charge in [0.05, 0.1) is 18.7 Å². The van der Waals surface area contributed by atoms with E-state index in [1.54, 1.807) is 24.3 Å².